The van der Waals surface area contributed by atoms with Gasteiger partial charge in [0, 0.05) is 5.92 Å². The molecule has 0 aromatic rings. The number of amides is 1. The molecule has 15 heavy (non-hydrogen) atoms. The van der Waals surface area contributed by atoms with E-state index in [0.717, 1.165) is 6.42 Å². The van der Waals surface area contributed by atoms with Crippen molar-refractivity contribution in [3.63, 3.8) is 0 Å². The lowest BCUT2D eigenvalue weighted by atomic mass is 10.0. The van der Waals surface area contributed by atoms with E-state index in [-0.39, 0.29) is 17.7 Å². The predicted octanol–water partition coefficient (Wildman–Crippen LogP) is 1.26. The van der Waals surface area contributed by atoms with Gasteiger partial charge in [0.05, 0.1) is 0 Å². The molecule has 0 heterocycles. The van der Waals surface area contributed by atoms with E-state index >= 15 is 0 Å². The highest BCUT2D eigenvalue weighted by Crippen LogP contribution is 2.37. The Morgan fingerprint density at radius 2 is 2.00 bits per heavy atom. The molecule has 1 aliphatic rings. The maximum Gasteiger partial charge on any atom is 0.326 e. The first-order valence-corrected chi connectivity index (χ1v) is 5.45. The topological polar surface area (TPSA) is 66.4 Å². The largest absolute Gasteiger partial charge is 0.480 e. The molecule has 0 aromatic heterocycles. The molecule has 4 heteroatoms. The summed E-state index contributed by atoms with van der Waals surface area (Å²) >= 11 is 0. The molecular weight excluding hydrogens is 194 g/mol. The maximum atomic E-state index is 11.5. The van der Waals surface area contributed by atoms with Gasteiger partial charge in [-0.1, -0.05) is 20.8 Å². The first-order chi connectivity index (χ1) is 6.91. The van der Waals surface area contributed by atoms with Gasteiger partial charge in [-0.25, -0.2) is 4.79 Å². The highest BCUT2D eigenvalue weighted by atomic mass is 16.4. The van der Waals surface area contributed by atoms with Gasteiger partial charge < -0.3 is 10.4 Å². The molecule has 86 valence electrons. The summed E-state index contributed by atoms with van der Waals surface area (Å²) in [5.74, 6) is -0.318. The molecular formula is C11H19NO3. The van der Waals surface area contributed by atoms with Crippen molar-refractivity contribution in [3.05, 3.63) is 0 Å². The second kappa shape index (κ2) is 4.64. The number of aliphatic carboxylic acids is 1. The first-order valence-electron chi connectivity index (χ1n) is 5.45. The van der Waals surface area contributed by atoms with Gasteiger partial charge in [-0.3, -0.25) is 4.79 Å². The first kappa shape index (κ1) is 12.0. The number of hydrogen-bond acceptors (Lipinski definition) is 2. The monoisotopic (exact) mass is 213 g/mol. The molecule has 4 nitrogen and oxygen atoms in total. The van der Waals surface area contributed by atoms with Crippen LogP contribution in [0.25, 0.3) is 0 Å². The van der Waals surface area contributed by atoms with Crippen LogP contribution in [0.2, 0.25) is 0 Å². The second-order valence-corrected chi connectivity index (χ2v) is 4.85. The van der Waals surface area contributed by atoms with E-state index in [0.29, 0.717) is 12.3 Å². The molecule has 1 amide bonds. The Bertz CT molecular complexity index is 263. The molecule has 1 rings (SSSR count). The molecule has 1 aliphatic carbocycles. The minimum Gasteiger partial charge on any atom is -0.480 e. The zero-order chi connectivity index (χ0) is 11.6. The van der Waals surface area contributed by atoms with Crippen molar-refractivity contribution in [1.29, 1.82) is 0 Å². The molecule has 0 aromatic carbocycles. The number of hydrogen-bond donors (Lipinski definition) is 2. The van der Waals surface area contributed by atoms with Gasteiger partial charge in [-0.2, -0.15) is 0 Å². The van der Waals surface area contributed by atoms with Gasteiger partial charge in [-0.05, 0) is 24.7 Å². The van der Waals surface area contributed by atoms with E-state index in [1.54, 1.807) is 0 Å². The molecule has 1 fully saturated rings. The number of carboxylic acid groups (broad SMARTS) is 1. The number of nitrogens with one attached hydrogen (secondary N) is 1. The molecule has 2 unspecified atom stereocenters. The fourth-order valence-corrected chi connectivity index (χ4v) is 1.66. The highest BCUT2D eigenvalue weighted by Gasteiger charge is 2.40. The van der Waals surface area contributed by atoms with Crippen LogP contribution in [0.3, 0.4) is 0 Å². The Morgan fingerprint density at radius 3 is 2.33 bits per heavy atom. The van der Waals surface area contributed by atoms with E-state index in [4.69, 9.17) is 5.11 Å². The summed E-state index contributed by atoms with van der Waals surface area (Å²) in [5.41, 5.74) is 0. The van der Waals surface area contributed by atoms with E-state index in [1.807, 2.05) is 20.8 Å². The fourth-order valence-electron chi connectivity index (χ4n) is 1.66. The van der Waals surface area contributed by atoms with Gasteiger partial charge in [0.1, 0.15) is 6.04 Å². The average molecular weight is 213 g/mol. The fraction of sp³-hybridized carbons (Fsp3) is 0.818. The summed E-state index contributed by atoms with van der Waals surface area (Å²) in [4.78, 5) is 22.4. The standard InChI is InChI=1S/C11H19NO3/c1-6(2)4-9(11(14)15)12-10(13)8-5-7(8)3/h6-9H,4-5H2,1-3H3,(H,12,13)(H,14,15)/t7?,8?,9-/m0/s1. The van der Waals surface area contributed by atoms with Crippen molar-refractivity contribution in [2.24, 2.45) is 17.8 Å². The van der Waals surface area contributed by atoms with Gasteiger partial charge in [0.2, 0.25) is 5.91 Å². The Morgan fingerprint density at radius 1 is 1.47 bits per heavy atom. The van der Waals surface area contributed by atoms with Crippen LogP contribution in [-0.4, -0.2) is 23.0 Å². The van der Waals surface area contributed by atoms with Crippen molar-refractivity contribution < 1.29 is 14.7 Å². The smallest absolute Gasteiger partial charge is 0.326 e. The number of rotatable bonds is 5. The lowest BCUT2D eigenvalue weighted by molar-refractivity contribution is -0.142. The Hall–Kier alpha value is -1.06. The zero-order valence-corrected chi connectivity index (χ0v) is 9.49. The van der Waals surface area contributed by atoms with Crippen molar-refractivity contribution in [2.75, 3.05) is 0 Å². The van der Waals surface area contributed by atoms with Crippen LogP contribution in [0.1, 0.15) is 33.6 Å². The molecule has 2 N–H and O–H groups in total. The van der Waals surface area contributed by atoms with Crippen LogP contribution < -0.4 is 5.32 Å². The van der Waals surface area contributed by atoms with E-state index < -0.39 is 12.0 Å². The summed E-state index contributed by atoms with van der Waals surface area (Å²) in [6, 6.07) is -0.731. The molecule has 0 bridgehead atoms. The second-order valence-electron chi connectivity index (χ2n) is 4.85. The highest BCUT2D eigenvalue weighted by molar-refractivity contribution is 5.86. The van der Waals surface area contributed by atoms with Crippen LogP contribution in [0, 0.1) is 17.8 Å². The minimum absolute atomic E-state index is 0.0408. The van der Waals surface area contributed by atoms with Crippen LogP contribution in [0.5, 0.6) is 0 Å². The third kappa shape index (κ3) is 3.53. The van der Waals surface area contributed by atoms with Gasteiger partial charge in [-0.15, -0.1) is 0 Å². The van der Waals surface area contributed by atoms with Crippen LogP contribution in [-0.2, 0) is 9.59 Å². The minimum atomic E-state index is -0.939. The van der Waals surface area contributed by atoms with Crippen LogP contribution in [0.4, 0.5) is 0 Å². The average Bonchev–Trinajstić information content (AvgIpc) is 2.80. The molecule has 0 radical (unpaired) electrons. The van der Waals surface area contributed by atoms with Crippen LogP contribution in [0.15, 0.2) is 0 Å². The van der Waals surface area contributed by atoms with Gasteiger partial charge >= 0.3 is 5.97 Å². The Balaban J connectivity index is 2.43. The summed E-state index contributed by atoms with van der Waals surface area (Å²) < 4.78 is 0. The number of carboxylic acids is 1. The summed E-state index contributed by atoms with van der Waals surface area (Å²) in [6.45, 7) is 5.89. The van der Waals surface area contributed by atoms with Crippen molar-refractivity contribution >= 4 is 11.9 Å². The van der Waals surface area contributed by atoms with Gasteiger partial charge in [0.15, 0.2) is 0 Å². The normalized spacial score (nSPS) is 26.1. The third-order valence-electron chi connectivity index (χ3n) is 2.77. The number of carbonyl (C=O) groups excluding carboxylic acids is 1. The van der Waals surface area contributed by atoms with E-state index in [9.17, 15) is 9.59 Å². The SMILES string of the molecule is CC(C)C[C@H](NC(=O)C1CC1C)C(=O)O. The molecule has 0 aliphatic heterocycles. The lowest BCUT2D eigenvalue weighted by Gasteiger charge is -2.16. The van der Waals surface area contributed by atoms with Crippen LogP contribution >= 0.6 is 0 Å². The molecule has 0 spiro atoms. The number of carbonyl (C=O) groups is 2. The maximum absolute atomic E-state index is 11.5. The van der Waals surface area contributed by atoms with E-state index in [2.05, 4.69) is 5.32 Å². The van der Waals surface area contributed by atoms with Gasteiger partial charge in [0.25, 0.3) is 0 Å². The third-order valence-corrected chi connectivity index (χ3v) is 2.77. The summed E-state index contributed by atoms with van der Waals surface area (Å²) in [5, 5.41) is 11.5. The Kier molecular flexibility index (Phi) is 3.72. The molecule has 1 saturated carbocycles. The van der Waals surface area contributed by atoms with Crippen molar-refractivity contribution in [3.8, 4) is 0 Å². The summed E-state index contributed by atoms with van der Waals surface area (Å²) in [6.07, 6.45) is 1.38. The lowest BCUT2D eigenvalue weighted by Crippen LogP contribution is -2.42. The van der Waals surface area contributed by atoms with E-state index in [1.165, 1.54) is 0 Å². The zero-order valence-electron chi connectivity index (χ0n) is 9.49. The predicted molar refractivity (Wildman–Crippen MR) is 56.3 cm³/mol. The molecule has 3 atom stereocenters. The van der Waals surface area contributed by atoms with Crippen molar-refractivity contribution in [2.45, 2.75) is 39.7 Å². The summed E-state index contributed by atoms with van der Waals surface area (Å²) in [7, 11) is 0. The Labute approximate surface area is 90.0 Å². The molecule has 0 saturated heterocycles. The quantitative estimate of drug-likeness (QED) is 0.722. The van der Waals surface area contributed by atoms with Crippen molar-refractivity contribution in [1.82, 2.24) is 5.32 Å².